The summed E-state index contributed by atoms with van der Waals surface area (Å²) in [6.45, 7) is 1.90. The first-order valence-corrected chi connectivity index (χ1v) is 8.63. The van der Waals surface area contributed by atoms with Gasteiger partial charge >= 0.3 is 6.03 Å². The first kappa shape index (κ1) is 17.3. The van der Waals surface area contributed by atoms with Crippen molar-refractivity contribution in [1.82, 2.24) is 10.6 Å². The van der Waals surface area contributed by atoms with Crippen LogP contribution in [0.25, 0.3) is 0 Å². The van der Waals surface area contributed by atoms with E-state index in [-0.39, 0.29) is 18.0 Å². The average molecular weight is 358 g/mol. The summed E-state index contributed by atoms with van der Waals surface area (Å²) < 4.78 is 0. The third-order valence-electron chi connectivity index (χ3n) is 4.01. The van der Waals surface area contributed by atoms with E-state index in [0.717, 1.165) is 18.4 Å². The van der Waals surface area contributed by atoms with Crippen LogP contribution >= 0.6 is 11.6 Å². The zero-order chi connectivity index (χ0) is 17.8. The number of halogens is 1. The topological polar surface area (TPSA) is 70.2 Å². The number of amides is 3. The number of carbonyl (C=O) groups is 2. The van der Waals surface area contributed by atoms with E-state index < -0.39 is 0 Å². The van der Waals surface area contributed by atoms with Crippen LogP contribution < -0.4 is 16.0 Å². The molecule has 3 amide bonds. The maximum absolute atomic E-state index is 12.4. The fourth-order valence-corrected chi connectivity index (χ4v) is 2.62. The Bertz CT molecular complexity index is 772. The Morgan fingerprint density at radius 3 is 2.48 bits per heavy atom. The van der Waals surface area contributed by atoms with Crippen molar-refractivity contribution < 1.29 is 9.59 Å². The monoisotopic (exact) mass is 357 g/mol. The van der Waals surface area contributed by atoms with E-state index in [1.165, 1.54) is 0 Å². The van der Waals surface area contributed by atoms with Crippen LogP contribution in [0.15, 0.2) is 48.5 Å². The number of benzene rings is 2. The van der Waals surface area contributed by atoms with Crippen LogP contribution in [0.4, 0.5) is 10.5 Å². The van der Waals surface area contributed by atoms with E-state index in [9.17, 15) is 9.59 Å². The third kappa shape index (κ3) is 4.97. The lowest BCUT2D eigenvalue weighted by Gasteiger charge is -2.15. The molecule has 5 nitrogen and oxygen atoms in total. The Hall–Kier alpha value is -2.53. The predicted octanol–water partition coefficient (Wildman–Crippen LogP) is 4.11. The van der Waals surface area contributed by atoms with Crippen molar-refractivity contribution in [3.05, 3.63) is 64.7 Å². The molecule has 1 saturated carbocycles. The van der Waals surface area contributed by atoms with Crippen LogP contribution in [-0.2, 0) is 0 Å². The molecule has 2 aromatic rings. The second-order valence-electron chi connectivity index (χ2n) is 6.20. The smallest absolute Gasteiger partial charge is 0.319 e. The molecule has 1 atom stereocenters. The van der Waals surface area contributed by atoms with Gasteiger partial charge in [0.25, 0.3) is 5.91 Å². The number of rotatable bonds is 5. The van der Waals surface area contributed by atoms with Crippen LogP contribution in [0.3, 0.4) is 0 Å². The standard InChI is InChI=1S/C19H20ClN3O2/c1-12(14-3-2-4-15(20)11-14)21-18(24)13-5-7-16(8-6-13)22-19(25)23-17-9-10-17/h2-8,11-12,17H,9-10H2,1H3,(H,21,24)(H2,22,23,25). The first-order chi connectivity index (χ1) is 12.0. The van der Waals surface area contributed by atoms with E-state index in [2.05, 4.69) is 16.0 Å². The summed E-state index contributed by atoms with van der Waals surface area (Å²) in [5, 5.41) is 9.18. The van der Waals surface area contributed by atoms with Gasteiger partial charge in [-0.25, -0.2) is 4.79 Å². The summed E-state index contributed by atoms with van der Waals surface area (Å²) >= 11 is 5.98. The molecule has 1 unspecified atom stereocenters. The van der Waals surface area contributed by atoms with Crippen LogP contribution in [0.2, 0.25) is 5.02 Å². The minimum absolute atomic E-state index is 0.159. The van der Waals surface area contributed by atoms with Crippen LogP contribution in [0, 0.1) is 0 Å². The van der Waals surface area contributed by atoms with Crippen molar-refractivity contribution in [2.24, 2.45) is 0 Å². The summed E-state index contributed by atoms with van der Waals surface area (Å²) in [6, 6.07) is 14.1. The molecule has 0 spiro atoms. The van der Waals surface area contributed by atoms with Gasteiger partial charge in [0.1, 0.15) is 0 Å². The second kappa shape index (κ2) is 7.57. The van der Waals surface area contributed by atoms with Crippen molar-refractivity contribution in [1.29, 1.82) is 0 Å². The van der Waals surface area contributed by atoms with Crippen molar-refractivity contribution >= 4 is 29.2 Å². The molecule has 0 heterocycles. The fourth-order valence-electron chi connectivity index (χ4n) is 2.42. The Kier molecular flexibility index (Phi) is 5.24. The number of hydrogen-bond acceptors (Lipinski definition) is 2. The SMILES string of the molecule is CC(NC(=O)c1ccc(NC(=O)NC2CC2)cc1)c1cccc(Cl)c1. The van der Waals surface area contributed by atoms with E-state index in [4.69, 9.17) is 11.6 Å². The summed E-state index contributed by atoms with van der Waals surface area (Å²) in [5.74, 6) is -0.179. The number of hydrogen-bond donors (Lipinski definition) is 3. The van der Waals surface area contributed by atoms with Gasteiger partial charge in [0.05, 0.1) is 6.04 Å². The third-order valence-corrected chi connectivity index (χ3v) is 4.25. The molecular weight excluding hydrogens is 338 g/mol. The Balaban J connectivity index is 1.57. The van der Waals surface area contributed by atoms with Gasteiger partial charge in [-0.3, -0.25) is 4.79 Å². The van der Waals surface area contributed by atoms with Crippen LogP contribution in [0.5, 0.6) is 0 Å². The highest BCUT2D eigenvalue weighted by Gasteiger charge is 2.23. The molecule has 0 bridgehead atoms. The molecule has 6 heteroatoms. The van der Waals surface area contributed by atoms with Crippen molar-refractivity contribution in [2.75, 3.05) is 5.32 Å². The quantitative estimate of drug-likeness (QED) is 0.753. The van der Waals surface area contributed by atoms with Crippen molar-refractivity contribution in [3.63, 3.8) is 0 Å². The number of nitrogens with one attached hydrogen (secondary N) is 3. The van der Waals surface area contributed by atoms with Gasteiger partial charge in [-0.1, -0.05) is 23.7 Å². The normalized spacial score (nSPS) is 14.5. The number of anilines is 1. The summed E-state index contributed by atoms with van der Waals surface area (Å²) in [6.07, 6.45) is 2.08. The highest BCUT2D eigenvalue weighted by Crippen LogP contribution is 2.20. The van der Waals surface area contributed by atoms with Gasteiger partial charge in [-0.05, 0) is 61.7 Å². The molecule has 130 valence electrons. The summed E-state index contributed by atoms with van der Waals surface area (Å²) in [4.78, 5) is 24.1. The number of carbonyl (C=O) groups excluding carboxylic acids is 2. The van der Waals surface area contributed by atoms with Gasteiger partial charge in [-0.2, -0.15) is 0 Å². The maximum Gasteiger partial charge on any atom is 0.319 e. The molecule has 0 aromatic heterocycles. The summed E-state index contributed by atoms with van der Waals surface area (Å²) in [5.41, 5.74) is 2.12. The molecule has 1 aliphatic carbocycles. The largest absolute Gasteiger partial charge is 0.346 e. The molecule has 2 aromatic carbocycles. The molecule has 1 aliphatic rings. The highest BCUT2D eigenvalue weighted by molar-refractivity contribution is 6.30. The highest BCUT2D eigenvalue weighted by atomic mass is 35.5. The van der Waals surface area contributed by atoms with Gasteiger partial charge in [0, 0.05) is 22.3 Å². The van der Waals surface area contributed by atoms with Crippen molar-refractivity contribution in [2.45, 2.75) is 31.8 Å². The lowest BCUT2D eigenvalue weighted by atomic mass is 10.1. The molecule has 3 rings (SSSR count). The predicted molar refractivity (Wildman–Crippen MR) is 99.0 cm³/mol. The van der Waals surface area contributed by atoms with E-state index >= 15 is 0 Å². The first-order valence-electron chi connectivity index (χ1n) is 8.25. The zero-order valence-electron chi connectivity index (χ0n) is 13.9. The van der Waals surface area contributed by atoms with Gasteiger partial charge in [-0.15, -0.1) is 0 Å². The van der Waals surface area contributed by atoms with Gasteiger partial charge in [0.15, 0.2) is 0 Å². The second-order valence-corrected chi connectivity index (χ2v) is 6.64. The lowest BCUT2D eigenvalue weighted by Crippen LogP contribution is -2.30. The van der Waals surface area contributed by atoms with E-state index in [1.54, 1.807) is 30.3 Å². The zero-order valence-corrected chi connectivity index (χ0v) is 14.6. The minimum Gasteiger partial charge on any atom is -0.346 e. The van der Waals surface area contributed by atoms with Gasteiger partial charge in [0.2, 0.25) is 0 Å². The minimum atomic E-state index is -0.214. The molecule has 0 radical (unpaired) electrons. The van der Waals surface area contributed by atoms with Crippen LogP contribution in [0.1, 0.15) is 41.7 Å². The van der Waals surface area contributed by atoms with E-state index in [0.29, 0.717) is 22.3 Å². The molecule has 0 saturated heterocycles. The van der Waals surface area contributed by atoms with Crippen molar-refractivity contribution in [3.8, 4) is 0 Å². The molecule has 0 aliphatic heterocycles. The van der Waals surface area contributed by atoms with E-state index in [1.807, 2.05) is 25.1 Å². The maximum atomic E-state index is 12.4. The molecular formula is C19H20ClN3O2. The fraction of sp³-hybridized carbons (Fsp3) is 0.263. The van der Waals surface area contributed by atoms with Gasteiger partial charge < -0.3 is 16.0 Å². The number of urea groups is 1. The Morgan fingerprint density at radius 2 is 1.84 bits per heavy atom. The lowest BCUT2D eigenvalue weighted by molar-refractivity contribution is 0.0940. The Labute approximate surface area is 151 Å². The molecule has 25 heavy (non-hydrogen) atoms. The summed E-state index contributed by atoms with van der Waals surface area (Å²) in [7, 11) is 0. The Morgan fingerprint density at radius 1 is 1.12 bits per heavy atom. The molecule has 1 fully saturated rings. The average Bonchev–Trinajstić information content (AvgIpc) is 3.39. The molecule has 3 N–H and O–H groups in total. The van der Waals surface area contributed by atoms with Crippen LogP contribution in [-0.4, -0.2) is 18.0 Å².